The molecule has 16 heavy (non-hydrogen) atoms. The van der Waals surface area contributed by atoms with Crippen molar-refractivity contribution in [2.45, 2.75) is 24.7 Å². The van der Waals surface area contributed by atoms with E-state index in [4.69, 9.17) is 27.8 Å². The number of alkyl halides is 1. The highest BCUT2D eigenvalue weighted by Crippen LogP contribution is 2.33. The summed E-state index contributed by atoms with van der Waals surface area (Å²) in [7, 11) is -4.29. The van der Waals surface area contributed by atoms with Crippen LogP contribution >= 0.6 is 23.2 Å². The topological polar surface area (TPSA) is 54.4 Å². The minimum Gasteiger partial charge on any atom is -0.282 e. The molecule has 0 heterocycles. The van der Waals surface area contributed by atoms with Crippen molar-refractivity contribution in [3.05, 3.63) is 28.3 Å². The highest BCUT2D eigenvalue weighted by molar-refractivity contribution is 7.86. The average molecular weight is 283 g/mol. The molecule has 6 heteroatoms. The normalized spacial score (nSPS) is 13.8. The Morgan fingerprint density at radius 1 is 1.44 bits per heavy atom. The second-order valence-corrected chi connectivity index (χ2v) is 5.72. The lowest BCUT2D eigenvalue weighted by atomic mass is 9.98. The van der Waals surface area contributed by atoms with Gasteiger partial charge in [-0.3, -0.25) is 4.55 Å². The van der Waals surface area contributed by atoms with Crippen LogP contribution in [0.2, 0.25) is 5.02 Å². The van der Waals surface area contributed by atoms with E-state index in [1.807, 2.05) is 13.8 Å². The van der Waals surface area contributed by atoms with Gasteiger partial charge in [-0.05, 0) is 30.0 Å². The van der Waals surface area contributed by atoms with Gasteiger partial charge in [0.05, 0.1) is 5.02 Å². The van der Waals surface area contributed by atoms with E-state index in [-0.39, 0.29) is 15.8 Å². The first-order valence-electron chi connectivity index (χ1n) is 4.61. The minimum absolute atomic E-state index is 0.0515. The molecule has 0 bridgehead atoms. The zero-order valence-electron chi connectivity index (χ0n) is 8.87. The molecule has 1 aromatic carbocycles. The van der Waals surface area contributed by atoms with E-state index < -0.39 is 10.1 Å². The summed E-state index contributed by atoms with van der Waals surface area (Å²) in [6, 6.07) is 2.89. The Labute approximate surface area is 105 Å². The van der Waals surface area contributed by atoms with Crippen molar-refractivity contribution < 1.29 is 13.0 Å². The van der Waals surface area contributed by atoms with Gasteiger partial charge in [0.2, 0.25) is 0 Å². The van der Waals surface area contributed by atoms with E-state index in [1.165, 1.54) is 6.07 Å². The van der Waals surface area contributed by atoms with Crippen molar-refractivity contribution in [2.24, 2.45) is 0 Å². The SMILES string of the molecule is Cc1ccc(S(=O)(=O)O)c(Cl)c1[C@@H](C)CCl. The second-order valence-electron chi connectivity index (χ2n) is 3.64. The summed E-state index contributed by atoms with van der Waals surface area (Å²) >= 11 is 11.7. The van der Waals surface area contributed by atoms with Crippen LogP contribution < -0.4 is 0 Å². The molecule has 1 aromatic rings. The van der Waals surface area contributed by atoms with E-state index in [0.29, 0.717) is 11.4 Å². The van der Waals surface area contributed by atoms with Gasteiger partial charge in [-0.25, -0.2) is 0 Å². The van der Waals surface area contributed by atoms with Gasteiger partial charge in [-0.2, -0.15) is 8.42 Å². The van der Waals surface area contributed by atoms with Crippen molar-refractivity contribution in [3.8, 4) is 0 Å². The zero-order chi connectivity index (χ0) is 12.5. The smallest absolute Gasteiger partial charge is 0.282 e. The minimum atomic E-state index is -4.29. The number of hydrogen-bond donors (Lipinski definition) is 1. The van der Waals surface area contributed by atoms with Gasteiger partial charge in [0.25, 0.3) is 10.1 Å². The molecule has 0 saturated carbocycles. The van der Waals surface area contributed by atoms with Crippen molar-refractivity contribution in [2.75, 3.05) is 5.88 Å². The summed E-state index contributed by atoms with van der Waals surface area (Å²) in [4.78, 5) is -0.272. The maximum atomic E-state index is 11.1. The van der Waals surface area contributed by atoms with Crippen LogP contribution in [0.3, 0.4) is 0 Å². The van der Waals surface area contributed by atoms with Gasteiger partial charge in [-0.15, -0.1) is 11.6 Å². The van der Waals surface area contributed by atoms with Gasteiger partial charge < -0.3 is 0 Å². The Kier molecular flexibility index (Phi) is 4.23. The summed E-state index contributed by atoms with van der Waals surface area (Å²) in [6.07, 6.45) is 0. The third-order valence-corrected chi connectivity index (χ3v) is 4.24. The lowest BCUT2D eigenvalue weighted by Gasteiger charge is -2.15. The lowest BCUT2D eigenvalue weighted by Crippen LogP contribution is -2.05. The number of aryl methyl sites for hydroxylation is 1. The van der Waals surface area contributed by atoms with Crippen molar-refractivity contribution in [1.29, 1.82) is 0 Å². The molecule has 0 aromatic heterocycles. The molecule has 0 aliphatic rings. The fourth-order valence-corrected chi connectivity index (χ4v) is 2.97. The van der Waals surface area contributed by atoms with Crippen molar-refractivity contribution >= 4 is 33.3 Å². The molecule has 1 N–H and O–H groups in total. The Balaban J connectivity index is 3.51. The highest BCUT2D eigenvalue weighted by Gasteiger charge is 2.21. The zero-order valence-corrected chi connectivity index (χ0v) is 11.2. The predicted molar refractivity (Wildman–Crippen MR) is 65.1 cm³/mol. The Morgan fingerprint density at radius 3 is 2.44 bits per heavy atom. The number of hydrogen-bond acceptors (Lipinski definition) is 2. The standard InChI is InChI=1S/C10H12Cl2O3S/c1-6-3-4-8(16(13,14)15)10(12)9(6)7(2)5-11/h3-4,7H,5H2,1-2H3,(H,13,14,15)/t7-/m0/s1. The molecule has 0 saturated heterocycles. The van der Waals surface area contributed by atoms with Crippen LogP contribution in [-0.4, -0.2) is 18.9 Å². The quantitative estimate of drug-likeness (QED) is 0.684. The summed E-state index contributed by atoms with van der Waals surface area (Å²) in [6.45, 7) is 3.66. The molecule has 1 rings (SSSR count). The van der Waals surface area contributed by atoms with Crippen LogP contribution in [0.4, 0.5) is 0 Å². The maximum Gasteiger partial charge on any atom is 0.296 e. The monoisotopic (exact) mass is 282 g/mol. The van der Waals surface area contributed by atoms with E-state index >= 15 is 0 Å². The van der Waals surface area contributed by atoms with Gasteiger partial charge in [0, 0.05) is 5.88 Å². The predicted octanol–water partition coefficient (Wildman–Crippen LogP) is 3.24. The molecule has 0 aliphatic heterocycles. The Morgan fingerprint density at radius 2 is 2.00 bits per heavy atom. The lowest BCUT2D eigenvalue weighted by molar-refractivity contribution is 0.483. The summed E-state index contributed by atoms with van der Waals surface area (Å²) in [5, 5.41) is 0.0515. The van der Waals surface area contributed by atoms with Crippen LogP contribution in [0.25, 0.3) is 0 Å². The summed E-state index contributed by atoms with van der Waals surface area (Å²) in [5.74, 6) is 0.256. The van der Waals surface area contributed by atoms with Gasteiger partial charge in [0.15, 0.2) is 0 Å². The van der Waals surface area contributed by atoms with Gasteiger partial charge in [-0.1, -0.05) is 24.6 Å². The first-order valence-corrected chi connectivity index (χ1v) is 6.96. The average Bonchev–Trinajstić information content (AvgIpc) is 2.15. The van der Waals surface area contributed by atoms with Gasteiger partial charge >= 0.3 is 0 Å². The highest BCUT2D eigenvalue weighted by atomic mass is 35.5. The van der Waals surface area contributed by atoms with E-state index in [0.717, 1.165) is 5.56 Å². The molecule has 0 aliphatic carbocycles. The first kappa shape index (κ1) is 13.8. The molecule has 0 unspecified atom stereocenters. The van der Waals surface area contributed by atoms with E-state index in [1.54, 1.807) is 6.07 Å². The Hall–Kier alpha value is -0.290. The second kappa shape index (κ2) is 4.92. The van der Waals surface area contributed by atoms with Crippen LogP contribution in [0, 0.1) is 6.92 Å². The van der Waals surface area contributed by atoms with Crippen LogP contribution in [0.15, 0.2) is 17.0 Å². The molecule has 0 radical (unpaired) electrons. The number of halogens is 2. The van der Waals surface area contributed by atoms with Gasteiger partial charge in [0.1, 0.15) is 4.90 Å². The first-order chi connectivity index (χ1) is 7.29. The van der Waals surface area contributed by atoms with Crippen LogP contribution in [0.1, 0.15) is 24.0 Å². The summed E-state index contributed by atoms with van der Waals surface area (Å²) < 4.78 is 31.1. The molecule has 1 atom stereocenters. The molecular formula is C10H12Cl2O3S. The molecule has 0 amide bonds. The summed E-state index contributed by atoms with van der Waals surface area (Å²) in [5.41, 5.74) is 1.51. The third kappa shape index (κ3) is 2.69. The third-order valence-electron chi connectivity index (χ3n) is 2.36. The van der Waals surface area contributed by atoms with E-state index in [9.17, 15) is 8.42 Å². The Bertz CT molecular complexity index is 497. The van der Waals surface area contributed by atoms with E-state index in [2.05, 4.69) is 0 Å². The maximum absolute atomic E-state index is 11.1. The molecule has 3 nitrogen and oxygen atoms in total. The number of benzene rings is 1. The molecule has 0 spiro atoms. The molecule has 0 fully saturated rings. The largest absolute Gasteiger partial charge is 0.296 e. The van der Waals surface area contributed by atoms with Crippen LogP contribution in [0.5, 0.6) is 0 Å². The van der Waals surface area contributed by atoms with Crippen molar-refractivity contribution in [1.82, 2.24) is 0 Å². The number of rotatable bonds is 3. The van der Waals surface area contributed by atoms with Crippen molar-refractivity contribution in [3.63, 3.8) is 0 Å². The van der Waals surface area contributed by atoms with Crippen LogP contribution in [-0.2, 0) is 10.1 Å². The molecular weight excluding hydrogens is 271 g/mol. The fraction of sp³-hybridized carbons (Fsp3) is 0.400. The molecule has 90 valence electrons. The fourth-order valence-electron chi connectivity index (χ4n) is 1.55.